The van der Waals surface area contributed by atoms with Gasteiger partial charge in [-0.25, -0.2) is 0 Å². The number of halogens is 6. The summed E-state index contributed by atoms with van der Waals surface area (Å²) in [5.74, 6) is -3.88. The van der Waals surface area contributed by atoms with Crippen LogP contribution in [-0.2, 0) is 0 Å². The highest BCUT2D eigenvalue weighted by Crippen LogP contribution is 2.84. The lowest BCUT2D eigenvalue weighted by molar-refractivity contribution is 0.702. The van der Waals surface area contributed by atoms with E-state index in [1.165, 1.54) is 0 Å². The molecule has 12 heavy (non-hydrogen) atoms. The zero-order chi connectivity index (χ0) is 9.62. The maximum atomic E-state index is 12.3. The fourth-order valence-electron chi connectivity index (χ4n) is 0.442. The highest BCUT2D eigenvalue weighted by molar-refractivity contribution is 8.13. The third-order valence-corrected chi connectivity index (χ3v) is 8.25. The minimum Gasteiger partial charge on any atom is -0.155 e. The fraction of sp³-hybridized carbons (Fsp3) is 0. The molecule has 0 aromatic heterocycles. The lowest BCUT2D eigenvalue weighted by Crippen LogP contribution is -1.65. The van der Waals surface area contributed by atoms with Crippen LogP contribution < -0.4 is 0 Å². The van der Waals surface area contributed by atoms with Crippen molar-refractivity contribution in [3.8, 4) is 0 Å². The summed E-state index contributed by atoms with van der Waals surface area (Å²) in [7, 11) is -10.7. The summed E-state index contributed by atoms with van der Waals surface area (Å²) in [6.07, 6.45) is 0. The molecule has 1 rings (SSSR count). The quantitative estimate of drug-likeness (QED) is 0.375. The predicted molar refractivity (Wildman–Crippen MR) is 44.2 cm³/mol. The average Bonchev–Trinajstić information content (AvgIpc) is 1.44. The average molecular weight is 282 g/mol. The smallest absolute Gasteiger partial charge is 0.155 e. The van der Waals surface area contributed by atoms with E-state index >= 15 is 0 Å². The van der Waals surface area contributed by atoms with E-state index in [1.807, 2.05) is 4.52 Å². The Morgan fingerprint density at radius 1 is 0.750 bits per heavy atom. The molecule has 0 aliphatic carbocycles. The minimum atomic E-state index is -5.34. The van der Waals surface area contributed by atoms with Crippen molar-refractivity contribution in [1.82, 2.24) is 0 Å². The standard InChI is InChI=1S/Cl2F4N3P3/c1-10(2)7-11(3,4)9-12(5,6)8-10. The van der Waals surface area contributed by atoms with E-state index in [-0.39, 0.29) is 0 Å². The fourth-order valence-corrected chi connectivity index (χ4v) is 7.87. The van der Waals surface area contributed by atoms with E-state index in [0.29, 0.717) is 0 Å². The molecule has 0 spiro atoms. The predicted octanol–water partition coefficient (Wildman–Crippen LogP) is 6.19. The monoisotopic (exact) mass is 281 g/mol. The summed E-state index contributed by atoms with van der Waals surface area (Å²) >= 11 is 10.0. The Kier molecular flexibility index (Phi) is 2.76. The molecule has 0 atom stereocenters. The summed E-state index contributed by atoms with van der Waals surface area (Å²) in [5.41, 5.74) is 0. The van der Waals surface area contributed by atoms with Crippen molar-refractivity contribution in [3.05, 3.63) is 0 Å². The van der Waals surface area contributed by atoms with Crippen LogP contribution in [0.15, 0.2) is 13.5 Å². The van der Waals surface area contributed by atoms with E-state index in [1.54, 1.807) is 0 Å². The molecule has 1 aliphatic rings. The third-order valence-electron chi connectivity index (χ3n) is 0.646. The van der Waals surface area contributed by atoms with Crippen molar-refractivity contribution in [3.63, 3.8) is 0 Å². The Bertz CT molecular complexity index is 280. The second-order valence-corrected chi connectivity index (χ2v) is 9.86. The van der Waals surface area contributed by atoms with Gasteiger partial charge in [0.25, 0.3) is 5.91 Å². The summed E-state index contributed by atoms with van der Waals surface area (Å²) in [5, 5.41) is 0. The van der Waals surface area contributed by atoms with Crippen LogP contribution in [0.25, 0.3) is 0 Å². The van der Waals surface area contributed by atoms with Gasteiger partial charge < -0.3 is 0 Å². The molecule has 0 radical (unpaired) electrons. The van der Waals surface area contributed by atoms with Gasteiger partial charge in [-0.15, -0.1) is 21.3 Å². The third kappa shape index (κ3) is 3.04. The van der Waals surface area contributed by atoms with Gasteiger partial charge in [-0.2, -0.15) is 9.03 Å². The van der Waals surface area contributed by atoms with Crippen molar-refractivity contribution in [2.75, 3.05) is 0 Å². The van der Waals surface area contributed by atoms with Gasteiger partial charge in [-0.1, -0.05) is 0 Å². The summed E-state index contributed by atoms with van der Waals surface area (Å²) in [6.45, 7) is 0. The molecule has 0 bridgehead atoms. The van der Waals surface area contributed by atoms with Gasteiger partial charge in [0.1, 0.15) is 0 Å². The van der Waals surface area contributed by atoms with Crippen molar-refractivity contribution >= 4 is 44.0 Å². The van der Waals surface area contributed by atoms with E-state index in [4.69, 9.17) is 22.5 Å². The maximum Gasteiger partial charge on any atom is 0.423 e. The van der Waals surface area contributed by atoms with Gasteiger partial charge >= 0.3 is 15.7 Å². The van der Waals surface area contributed by atoms with Crippen molar-refractivity contribution < 1.29 is 16.8 Å². The molecular formula is Cl2F4N3P3. The van der Waals surface area contributed by atoms with Crippen LogP contribution in [0, 0.1) is 0 Å². The van der Waals surface area contributed by atoms with Crippen LogP contribution in [0.2, 0.25) is 0 Å². The molecule has 0 aromatic rings. The van der Waals surface area contributed by atoms with Gasteiger partial charge in [0.15, 0.2) is 0 Å². The molecule has 1 heterocycles. The van der Waals surface area contributed by atoms with Gasteiger partial charge in [-0.05, 0) is 22.5 Å². The molecule has 0 amide bonds. The van der Waals surface area contributed by atoms with Crippen LogP contribution in [0.5, 0.6) is 0 Å². The molecule has 1 aliphatic heterocycles. The molecule has 0 saturated heterocycles. The van der Waals surface area contributed by atoms with E-state index in [0.717, 1.165) is 0 Å². The number of nitrogens with zero attached hydrogens (tertiary/aromatic N) is 3. The van der Waals surface area contributed by atoms with Crippen LogP contribution in [0.4, 0.5) is 16.8 Å². The normalized spacial score (nSPS) is 29.5. The van der Waals surface area contributed by atoms with Crippen molar-refractivity contribution in [2.45, 2.75) is 0 Å². The van der Waals surface area contributed by atoms with Crippen LogP contribution in [0.1, 0.15) is 0 Å². The number of rotatable bonds is 0. The second-order valence-electron chi connectivity index (χ2n) is 1.64. The molecule has 0 saturated carbocycles. The second kappa shape index (κ2) is 2.99. The molecule has 12 heteroatoms. The SMILES string of the molecule is FP1(F)=NP(F)(F)=NP(Cl)(Cl)=N1. The Labute approximate surface area is 74.8 Å². The van der Waals surface area contributed by atoms with Crippen molar-refractivity contribution in [2.24, 2.45) is 13.5 Å². The minimum absolute atomic E-state index is 1.92. The van der Waals surface area contributed by atoms with Crippen LogP contribution in [-0.4, -0.2) is 0 Å². The number of hydrogen-bond donors (Lipinski definition) is 0. The lowest BCUT2D eigenvalue weighted by atomic mass is 13.8. The molecule has 0 fully saturated rings. The lowest BCUT2D eigenvalue weighted by Gasteiger charge is -2.11. The first-order valence-corrected chi connectivity index (χ1v) is 8.67. The van der Waals surface area contributed by atoms with Gasteiger partial charge in [0.2, 0.25) is 0 Å². The van der Waals surface area contributed by atoms with Gasteiger partial charge in [0, 0.05) is 0 Å². The van der Waals surface area contributed by atoms with Gasteiger partial charge in [-0.3, -0.25) is 0 Å². The largest absolute Gasteiger partial charge is 0.423 e. The zero-order valence-corrected chi connectivity index (χ0v) is 9.15. The Balaban J connectivity index is 3.46. The van der Waals surface area contributed by atoms with Crippen LogP contribution >= 0.6 is 44.0 Å². The van der Waals surface area contributed by atoms with E-state index in [9.17, 15) is 16.8 Å². The molecule has 0 N–H and O–H groups in total. The first-order valence-electron chi connectivity index (χ1n) is 2.21. The van der Waals surface area contributed by atoms with Gasteiger partial charge in [0.05, 0.1) is 0 Å². The van der Waals surface area contributed by atoms with E-state index < -0.39 is 21.6 Å². The van der Waals surface area contributed by atoms with Crippen molar-refractivity contribution in [1.29, 1.82) is 0 Å². The summed E-state index contributed by atoms with van der Waals surface area (Å²) < 4.78 is 56.2. The zero-order valence-electron chi connectivity index (χ0n) is 4.95. The number of hydrogen-bond acceptors (Lipinski definition) is 3. The Morgan fingerprint density at radius 2 is 1.17 bits per heavy atom. The van der Waals surface area contributed by atoms with Crippen LogP contribution in [0.3, 0.4) is 0 Å². The Hall–Kier alpha value is 0.990. The van der Waals surface area contributed by atoms with E-state index in [2.05, 4.69) is 9.03 Å². The topological polar surface area (TPSA) is 37.1 Å². The molecule has 72 valence electrons. The first-order chi connectivity index (χ1) is 5.12. The molecule has 3 nitrogen and oxygen atoms in total. The maximum absolute atomic E-state index is 12.3. The first kappa shape index (κ1) is 11.1. The highest BCUT2D eigenvalue weighted by Gasteiger charge is 2.36. The Morgan fingerprint density at radius 3 is 1.50 bits per heavy atom. The summed E-state index contributed by atoms with van der Waals surface area (Å²) in [4.78, 5) is 0. The molecule has 0 aromatic carbocycles. The molecular weight excluding hydrogens is 282 g/mol. The summed E-state index contributed by atoms with van der Waals surface area (Å²) in [6, 6.07) is 0. The highest BCUT2D eigenvalue weighted by atomic mass is 35.9. The molecule has 0 unspecified atom stereocenters.